The van der Waals surface area contributed by atoms with Crippen LogP contribution in [0.3, 0.4) is 0 Å². The molecule has 0 N–H and O–H groups in total. The molecule has 0 aliphatic heterocycles. The number of sulfone groups is 1. The van der Waals surface area contributed by atoms with Crippen LogP contribution >= 0.6 is 0 Å². The van der Waals surface area contributed by atoms with Gasteiger partial charge in [0.05, 0.1) is 24.0 Å². The van der Waals surface area contributed by atoms with Crippen LogP contribution in [-0.4, -0.2) is 26.2 Å². The fourth-order valence-electron chi connectivity index (χ4n) is 1.60. The fourth-order valence-corrected chi connectivity index (χ4v) is 2.86. The summed E-state index contributed by atoms with van der Waals surface area (Å²) in [6.07, 6.45) is 0. The molecule has 0 amide bonds. The Balaban J connectivity index is 2.80. The van der Waals surface area contributed by atoms with E-state index in [2.05, 4.69) is 0 Å². The number of carbonyl (C=O) groups excluding carboxylic acids is 1. The second-order valence-electron chi connectivity index (χ2n) is 5.29. The molecule has 0 aliphatic carbocycles. The van der Waals surface area contributed by atoms with Crippen LogP contribution in [0.25, 0.3) is 0 Å². The van der Waals surface area contributed by atoms with Gasteiger partial charge in [-0.3, -0.25) is 4.79 Å². The first-order valence-electron chi connectivity index (χ1n) is 6.63. The molecule has 6 heteroatoms. The Kier molecular flexibility index (Phi) is 5.91. The fraction of sp³-hybridized carbons (Fsp3) is 0.467. The molecule has 0 saturated heterocycles. The van der Waals surface area contributed by atoms with Gasteiger partial charge in [0.2, 0.25) is 0 Å². The lowest BCUT2D eigenvalue weighted by molar-refractivity contribution is -0.143. The minimum atomic E-state index is -3.67. The Hall–Kier alpha value is -1.87. The molecule has 0 aromatic heterocycles. The number of benzene rings is 1. The van der Waals surface area contributed by atoms with Crippen LogP contribution in [0.2, 0.25) is 0 Å². The Morgan fingerprint density at radius 1 is 1.33 bits per heavy atom. The van der Waals surface area contributed by atoms with Gasteiger partial charge in [-0.05, 0) is 30.5 Å². The van der Waals surface area contributed by atoms with Gasteiger partial charge in [0.25, 0.3) is 0 Å². The predicted molar refractivity (Wildman–Crippen MR) is 79.0 cm³/mol. The standard InChI is InChI=1S/C15H19NO4S/c1-11(2)9-20-15(17)12(3)21(18,19)10-14-6-4-5-13(7-14)8-16/h4-7,11-12H,9-10H2,1-3H3. The van der Waals surface area contributed by atoms with Gasteiger partial charge in [0.15, 0.2) is 15.1 Å². The number of nitrogens with zero attached hydrogens (tertiary/aromatic N) is 1. The lowest BCUT2D eigenvalue weighted by atomic mass is 10.2. The minimum Gasteiger partial charge on any atom is -0.464 e. The molecule has 114 valence electrons. The molecule has 0 fully saturated rings. The van der Waals surface area contributed by atoms with E-state index >= 15 is 0 Å². The van der Waals surface area contributed by atoms with Crippen LogP contribution in [0.15, 0.2) is 24.3 Å². The van der Waals surface area contributed by atoms with Crippen molar-refractivity contribution < 1.29 is 17.9 Å². The molecule has 0 radical (unpaired) electrons. The summed E-state index contributed by atoms with van der Waals surface area (Å²) in [5, 5.41) is 7.59. The normalized spacial score (nSPS) is 12.7. The van der Waals surface area contributed by atoms with E-state index < -0.39 is 21.1 Å². The van der Waals surface area contributed by atoms with Crippen molar-refractivity contribution in [3.63, 3.8) is 0 Å². The van der Waals surface area contributed by atoms with Crippen molar-refractivity contribution >= 4 is 15.8 Å². The third-order valence-corrected chi connectivity index (χ3v) is 4.86. The van der Waals surface area contributed by atoms with E-state index in [0.29, 0.717) is 11.1 Å². The van der Waals surface area contributed by atoms with Crippen molar-refractivity contribution in [3.8, 4) is 6.07 Å². The van der Waals surface area contributed by atoms with Crippen molar-refractivity contribution in [2.75, 3.05) is 6.61 Å². The first-order valence-corrected chi connectivity index (χ1v) is 8.35. The monoisotopic (exact) mass is 309 g/mol. The first kappa shape index (κ1) is 17.2. The maximum atomic E-state index is 12.2. The van der Waals surface area contributed by atoms with Gasteiger partial charge in [-0.25, -0.2) is 8.42 Å². The third kappa shape index (κ3) is 5.20. The predicted octanol–water partition coefficient (Wildman–Crippen LogP) is 2.06. The maximum Gasteiger partial charge on any atom is 0.324 e. The Bertz CT molecular complexity index is 644. The summed E-state index contributed by atoms with van der Waals surface area (Å²) in [6.45, 7) is 5.27. The van der Waals surface area contributed by atoms with Crippen molar-refractivity contribution in [1.82, 2.24) is 0 Å². The quantitative estimate of drug-likeness (QED) is 0.751. The number of ether oxygens (including phenoxy) is 1. The second-order valence-corrected chi connectivity index (χ2v) is 7.61. The molecule has 21 heavy (non-hydrogen) atoms. The van der Waals surface area contributed by atoms with E-state index in [-0.39, 0.29) is 18.3 Å². The number of hydrogen-bond acceptors (Lipinski definition) is 5. The van der Waals surface area contributed by atoms with Crippen LogP contribution in [0.5, 0.6) is 0 Å². The third-order valence-electron chi connectivity index (χ3n) is 2.85. The van der Waals surface area contributed by atoms with Gasteiger partial charge < -0.3 is 4.74 Å². The van der Waals surface area contributed by atoms with Crippen LogP contribution in [0.1, 0.15) is 31.9 Å². The molecule has 0 spiro atoms. The summed E-state index contributed by atoms with van der Waals surface area (Å²) in [7, 11) is -3.67. The van der Waals surface area contributed by atoms with Crippen molar-refractivity contribution in [3.05, 3.63) is 35.4 Å². The molecule has 1 aromatic rings. The van der Waals surface area contributed by atoms with Crippen molar-refractivity contribution in [2.24, 2.45) is 5.92 Å². The van der Waals surface area contributed by atoms with E-state index in [9.17, 15) is 13.2 Å². The molecule has 5 nitrogen and oxygen atoms in total. The summed E-state index contributed by atoms with van der Waals surface area (Å²) in [5.74, 6) is -0.878. The highest BCUT2D eigenvalue weighted by Gasteiger charge is 2.29. The van der Waals surface area contributed by atoms with E-state index in [0.717, 1.165) is 0 Å². The Morgan fingerprint density at radius 3 is 2.57 bits per heavy atom. The number of esters is 1. The Labute approximate surface area is 125 Å². The van der Waals surface area contributed by atoms with Crippen LogP contribution < -0.4 is 0 Å². The molecule has 0 aliphatic rings. The summed E-state index contributed by atoms with van der Waals surface area (Å²) in [5.41, 5.74) is 0.871. The highest BCUT2D eigenvalue weighted by atomic mass is 32.2. The summed E-state index contributed by atoms with van der Waals surface area (Å²) in [6, 6.07) is 8.28. The van der Waals surface area contributed by atoms with E-state index in [4.69, 9.17) is 10.00 Å². The van der Waals surface area contributed by atoms with E-state index in [1.54, 1.807) is 18.2 Å². The molecule has 1 aromatic carbocycles. The van der Waals surface area contributed by atoms with E-state index in [1.807, 2.05) is 19.9 Å². The number of carbonyl (C=O) groups is 1. The highest BCUT2D eigenvalue weighted by molar-refractivity contribution is 7.92. The molecule has 0 saturated carbocycles. The van der Waals surface area contributed by atoms with Gasteiger partial charge in [0, 0.05) is 0 Å². The summed E-state index contributed by atoms with van der Waals surface area (Å²) in [4.78, 5) is 11.8. The van der Waals surface area contributed by atoms with E-state index in [1.165, 1.54) is 13.0 Å². The summed E-state index contributed by atoms with van der Waals surface area (Å²) >= 11 is 0. The number of nitriles is 1. The van der Waals surface area contributed by atoms with Crippen molar-refractivity contribution in [2.45, 2.75) is 31.8 Å². The molecule has 1 rings (SSSR count). The molecule has 0 bridgehead atoms. The number of rotatable bonds is 6. The average Bonchev–Trinajstić information content (AvgIpc) is 2.43. The van der Waals surface area contributed by atoms with Gasteiger partial charge in [-0.2, -0.15) is 5.26 Å². The average molecular weight is 309 g/mol. The van der Waals surface area contributed by atoms with Gasteiger partial charge >= 0.3 is 5.97 Å². The SMILES string of the molecule is CC(C)COC(=O)C(C)S(=O)(=O)Cc1cccc(C#N)c1. The minimum absolute atomic E-state index is 0.149. The van der Waals surface area contributed by atoms with Gasteiger partial charge in [-0.15, -0.1) is 0 Å². The topological polar surface area (TPSA) is 84.2 Å². The van der Waals surface area contributed by atoms with Gasteiger partial charge in [-0.1, -0.05) is 26.0 Å². The highest BCUT2D eigenvalue weighted by Crippen LogP contribution is 2.14. The summed E-state index contributed by atoms with van der Waals surface area (Å²) < 4.78 is 29.4. The lowest BCUT2D eigenvalue weighted by Gasteiger charge is -2.14. The zero-order chi connectivity index (χ0) is 16.0. The largest absolute Gasteiger partial charge is 0.464 e. The van der Waals surface area contributed by atoms with Gasteiger partial charge in [0.1, 0.15) is 0 Å². The van der Waals surface area contributed by atoms with Crippen LogP contribution in [0, 0.1) is 17.2 Å². The van der Waals surface area contributed by atoms with Crippen LogP contribution in [-0.2, 0) is 25.1 Å². The number of hydrogen-bond donors (Lipinski definition) is 0. The lowest BCUT2D eigenvalue weighted by Crippen LogP contribution is -2.31. The zero-order valence-corrected chi connectivity index (χ0v) is 13.2. The molecule has 1 unspecified atom stereocenters. The zero-order valence-electron chi connectivity index (χ0n) is 12.4. The molecule has 1 atom stereocenters. The van der Waals surface area contributed by atoms with Crippen LogP contribution in [0.4, 0.5) is 0 Å². The molecular weight excluding hydrogens is 290 g/mol. The smallest absolute Gasteiger partial charge is 0.324 e. The molecule has 0 heterocycles. The molecular formula is C15H19NO4S. The Morgan fingerprint density at radius 2 is 2.00 bits per heavy atom. The van der Waals surface area contributed by atoms with Crippen molar-refractivity contribution in [1.29, 1.82) is 5.26 Å². The maximum absolute atomic E-state index is 12.2. The second kappa shape index (κ2) is 7.23. The first-order chi connectivity index (χ1) is 9.76.